The Morgan fingerprint density at radius 3 is 2.42 bits per heavy atom. The number of thiazole rings is 1. The molecular formula is C22H16N4O2S3. The van der Waals surface area contributed by atoms with Crippen LogP contribution in [-0.2, 0) is 0 Å². The first kappa shape index (κ1) is 19.7. The lowest BCUT2D eigenvalue weighted by Crippen LogP contribution is -2.14. The molecule has 1 aromatic carbocycles. The standard InChI is InChI=1S/C22H16N4O2S3/c1-28-15-13-26(14-7-3-2-4-8-14)25-18(15)21(27)24-22-23-19(16-9-5-11-29-16)20(31-22)17-10-6-12-30-17/h2-13H,1H3,(H,23,24,27). The number of anilines is 1. The van der Waals surface area contributed by atoms with E-state index in [1.54, 1.807) is 33.6 Å². The summed E-state index contributed by atoms with van der Waals surface area (Å²) in [6, 6.07) is 17.7. The number of hydrogen-bond donors (Lipinski definition) is 1. The molecule has 0 atom stereocenters. The van der Waals surface area contributed by atoms with Crippen molar-refractivity contribution >= 4 is 45.0 Å². The number of carbonyl (C=O) groups excluding carboxylic acids is 1. The van der Waals surface area contributed by atoms with Crippen LogP contribution in [-0.4, -0.2) is 27.8 Å². The summed E-state index contributed by atoms with van der Waals surface area (Å²) in [5.74, 6) is 0.0330. The number of aromatic nitrogens is 3. The number of carbonyl (C=O) groups is 1. The fraction of sp³-hybridized carbons (Fsp3) is 0.0455. The van der Waals surface area contributed by atoms with Crippen molar-refractivity contribution in [2.24, 2.45) is 0 Å². The minimum atomic E-state index is -0.365. The molecule has 0 saturated carbocycles. The van der Waals surface area contributed by atoms with Crippen molar-refractivity contribution in [3.8, 4) is 31.8 Å². The molecule has 0 radical (unpaired) electrons. The molecule has 4 heterocycles. The van der Waals surface area contributed by atoms with Gasteiger partial charge in [0.2, 0.25) is 0 Å². The van der Waals surface area contributed by atoms with Crippen molar-refractivity contribution < 1.29 is 9.53 Å². The first-order valence-electron chi connectivity index (χ1n) is 9.32. The number of nitrogens with zero attached hydrogens (tertiary/aromatic N) is 3. The summed E-state index contributed by atoms with van der Waals surface area (Å²) in [5, 5.41) is 11.9. The van der Waals surface area contributed by atoms with Gasteiger partial charge in [-0.05, 0) is 35.0 Å². The highest BCUT2D eigenvalue weighted by molar-refractivity contribution is 7.24. The summed E-state index contributed by atoms with van der Waals surface area (Å²) < 4.78 is 7.02. The molecule has 1 amide bonds. The van der Waals surface area contributed by atoms with Gasteiger partial charge < -0.3 is 4.74 Å². The van der Waals surface area contributed by atoms with Crippen LogP contribution in [0.1, 0.15) is 10.5 Å². The van der Waals surface area contributed by atoms with Crippen molar-refractivity contribution in [1.29, 1.82) is 0 Å². The van der Waals surface area contributed by atoms with E-state index >= 15 is 0 Å². The average Bonchev–Trinajstić information content (AvgIpc) is 3.60. The van der Waals surface area contributed by atoms with E-state index in [-0.39, 0.29) is 11.6 Å². The summed E-state index contributed by atoms with van der Waals surface area (Å²) in [6.45, 7) is 0. The van der Waals surface area contributed by atoms with Crippen LogP contribution in [0.4, 0.5) is 5.13 Å². The zero-order chi connectivity index (χ0) is 21.2. The molecule has 154 valence electrons. The lowest BCUT2D eigenvalue weighted by Gasteiger charge is -2.01. The van der Waals surface area contributed by atoms with Crippen LogP contribution >= 0.6 is 34.0 Å². The van der Waals surface area contributed by atoms with Gasteiger partial charge in [-0.1, -0.05) is 41.7 Å². The largest absolute Gasteiger partial charge is 0.493 e. The Balaban J connectivity index is 1.47. The number of nitrogens with one attached hydrogen (secondary N) is 1. The number of thiophene rings is 2. The number of benzene rings is 1. The number of methoxy groups -OCH3 is 1. The van der Waals surface area contributed by atoms with Gasteiger partial charge in [0.25, 0.3) is 5.91 Å². The van der Waals surface area contributed by atoms with Crippen LogP contribution in [0, 0.1) is 0 Å². The Morgan fingerprint density at radius 1 is 1.00 bits per heavy atom. The molecule has 1 N–H and O–H groups in total. The summed E-state index contributed by atoms with van der Waals surface area (Å²) in [4.78, 5) is 21.0. The normalized spacial score (nSPS) is 10.9. The lowest BCUT2D eigenvalue weighted by atomic mass is 10.3. The molecule has 6 nitrogen and oxygen atoms in total. The van der Waals surface area contributed by atoms with Gasteiger partial charge in [-0.15, -0.1) is 22.7 Å². The van der Waals surface area contributed by atoms with E-state index in [1.807, 2.05) is 59.3 Å². The fourth-order valence-corrected chi connectivity index (χ4v) is 5.68. The van der Waals surface area contributed by atoms with Crippen LogP contribution in [0.25, 0.3) is 26.0 Å². The molecule has 5 aromatic rings. The van der Waals surface area contributed by atoms with Gasteiger partial charge in [0.05, 0.1) is 28.7 Å². The predicted molar refractivity (Wildman–Crippen MR) is 127 cm³/mol. The van der Waals surface area contributed by atoms with E-state index in [0.717, 1.165) is 26.0 Å². The summed E-state index contributed by atoms with van der Waals surface area (Å²) in [5.41, 5.74) is 1.92. The van der Waals surface area contributed by atoms with Crippen molar-refractivity contribution in [2.45, 2.75) is 0 Å². The topological polar surface area (TPSA) is 69.0 Å². The molecule has 9 heteroatoms. The van der Waals surface area contributed by atoms with Crippen molar-refractivity contribution in [2.75, 3.05) is 12.4 Å². The zero-order valence-corrected chi connectivity index (χ0v) is 18.8. The smallest absolute Gasteiger partial charge is 0.281 e. The van der Waals surface area contributed by atoms with E-state index in [0.29, 0.717) is 10.9 Å². The van der Waals surface area contributed by atoms with E-state index in [9.17, 15) is 4.79 Å². The monoisotopic (exact) mass is 464 g/mol. The van der Waals surface area contributed by atoms with Crippen molar-refractivity contribution in [3.05, 3.63) is 77.2 Å². The highest BCUT2D eigenvalue weighted by atomic mass is 32.1. The average molecular weight is 465 g/mol. The lowest BCUT2D eigenvalue weighted by molar-refractivity contribution is 0.101. The molecule has 0 aliphatic rings. The second-order valence-corrected chi connectivity index (χ2v) is 9.33. The second-order valence-electron chi connectivity index (χ2n) is 6.43. The van der Waals surface area contributed by atoms with Gasteiger partial charge in [0, 0.05) is 4.88 Å². The van der Waals surface area contributed by atoms with Crippen molar-refractivity contribution in [1.82, 2.24) is 14.8 Å². The fourth-order valence-electron chi connectivity index (χ4n) is 3.06. The SMILES string of the molecule is COc1cn(-c2ccccc2)nc1C(=O)Nc1nc(-c2cccs2)c(-c2cccs2)s1. The van der Waals surface area contributed by atoms with Gasteiger partial charge in [0.15, 0.2) is 16.6 Å². The molecule has 0 fully saturated rings. The van der Waals surface area contributed by atoms with Gasteiger partial charge in [-0.3, -0.25) is 10.1 Å². The number of hydrogen-bond acceptors (Lipinski definition) is 7. The highest BCUT2D eigenvalue weighted by Crippen LogP contribution is 2.42. The third-order valence-electron chi connectivity index (χ3n) is 4.48. The second kappa shape index (κ2) is 8.46. The van der Waals surface area contributed by atoms with Crippen molar-refractivity contribution in [3.63, 3.8) is 0 Å². The molecule has 0 spiro atoms. The minimum Gasteiger partial charge on any atom is -0.493 e. The molecule has 0 bridgehead atoms. The maximum atomic E-state index is 13.0. The van der Waals surface area contributed by atoms with Crippen LogP contribution in [0.2, 0.25) is 0 Å². The molecule has 0 unspecified atom stereocenters. The van der Waals surface area contributed by atoms with E-state index in [1.165, 1.54) is 18.4 Å². The van der Waals surface area contributed by atoms with Gasteiger partial charge in [-0.25, -0.2) is 9.67 Å². The van der Waals surface area contributed by atoms with Gasteiger partial charge in [-0.2, -0.15) is 5.10 Å². The van der Waals surface area contributed by atoms with E-state index in [2.05, 4.69) is 16.5 Å². The van der Waals surface area contributed by atoms with Crippen LogP contribution in [0.5, 0.6) is 5.75 Å². The third kappa shape index (κ3) is 3.90. The first-order valence-corrected chi connectivity index (χ1v) is 11.9. The van der Waals surface area contributed by atoms with E-state index < -0.39 is 0 Å². The number of rotatable bonds is 6. The number of ether oxygens (including phenoxy) is 1. The first-order chi connectivity index (χ1) is 15.2. The number of amides is 1. The Bertz CT molecular complexity index is 1250. The predicted octanol–water partition coefficient (Wildman–Crippen LogP) is 6.05. The Hall–Kier alpha value is -3.27. The van der Waals surface area contributed by atoms with Gasteiger partial charge >= 0.3 is 0 Å². The van der Waals surface area contributed by atoms with Crippen LogP contribution < -0.4 is 10.1 Å². The molecule has 4 aromatic heterocycles. The minimum absolute atomic E-state index is 0.205. The molecule has 31 heavy (non-hydrogen) atoms. The number of para-hydroxylation sites is 1. The third-order valence-corrected chi connectivity index (χ3v) is 7.38. The maximum Gasteiger partial charge on any atom is 0.281 e. The Morgan fingerprint density at radius 2 is 1.74 bits per heavy atom. The van der Waals surface area contributed by atoms with Gasteiger partial charge in [0.1, 0.15) is 5.69 Å². The quantitative estimate of drug-likeness (QED) is 0.332. The Labute approximate surface area is 190 Å². The highest BCUT2D eigenvalue weighted by Gasteiger charge is 2.22. The molecule has 0 aliphatic heterocycles. The van der Waals surface area contributed by atoms with E-state index in [4.69, 9.17) is 9.72 Å². The molecule has 0 saturated heterocycles. The maximum absolute atomic E-state index is 13.0. The molecule has 5 rings (SSSR count). The molecule has 0 aliphatic carbocycles. The Kier molecular flexibility index (Phi) is 5.37. The molecular weight excluding hydrogens is 448 g/mol. The zero-order valence-electron chi connectivity index (χ0n) is 16.3. The van der Waals surface area contributed by atoms with Crippen LogP contribution in [0.15, 0.2) is 71.6 Å². The summed E-state index contributed by atoms with van der Waals surface area (Å²) in [7, 11) is 1.52. The van der Waals surface area contributed by atoms with Crippen LogP contribution in [0.3, 0.4) is 0 Å². The summed E-state index contributed by atoms with van der Waals surface area (Å²) in [6.07, 6.45) is 1.69. The summed E-state index contributed by atoms with van der Waals surface area (Å²) >= 11 is 4.73.